The number of ether oxygens (including phenoxy) is 1. The number of fused-ring (bicyclic) bond motifs is 1. The van der Waals surface area contributed by atoms with Crippen molar-refractivity contribution >= 4 is 57.6 Å². The van der Waals surface area contributed by atoms with Crippen LogP contribution in [0.25, 0.3) is 10.9 Å². The van der Waals surface area contributed by atoms with Crippen LogP contribution in [0.3, 0.4) is 0 Å². The molecule has 9 heteroatoms. The quantitative estimate of drug-likeness (QED) is 0.176. The highest BCUT2D eigenvalue weighted by Crippen LogP contribution is 2.33. The zero-order valence-corrected chi connectivity index (χ0v) is 22.5. The van der Waals surface area contributed by atoms with E-state index in [0.29, 0.717) is 10.5 Å². The number of nitrogens with zero attached hydrogens (tertiary/aromatic N) is 2. The normalized spacial score (nSPS) is 10.8. The smallest absolute Gasteiger partial charge is 0.343 e. The number of hydrogen-bond donors (Lipinski definition) is 0. The van der Waals surface area contributed by atoms with Gasteiger partial charge in [0, 0.05) is 28.0 Å². The predicted octanol–water partition coefficient (Wildman–Crippen LogP) is 6.55. The van der Waals surface area contributed by atoms with Crippen molar-refractivity contribution in [2.45, 2.75) is 0 Å². The second-order valence-electron chi connectivity index (χ2n) is 8.77. The first-order chi connectivity index (χ1) is 19.3. The summed E-state index contributed by atoms with van der Waals surface area (Å²) in [5.74, 6) is -2.79. The Labute approximate surface area is 238 Å². The molecule has 0 bridgehead atoms. The Hall–Kier alpha value is -4.72. The van der Waals surface area contributed by atoms with E-state index in [0.717, 1.165) is 4.90 Å². The van der Waals surface area contributed by atoms with E-state index in [1.54, 1.807) is 72.8 Å². The molecule has 40 heavy (non-hydrogen) atoms. The van der Waals surface area contributed by atoms with Crippen LogP contribution in [0.15, 0.2) is 108 Å². The van der Waals surface area contributed by atoms with Gasteiger partial charge in [0.05, 0.1) is 16.8 Å². The molecule has 7 nitrogen and oxygen atoms in total. The molecule has 0 unspecified atom stereocenters. The fraction of sp³-hybridized carbons (Fsp3) is 0.0323. The van der Waals surface area contributed by atoms with Crippen molar-refractivity contribution in [2.24, 2.45) is 7.05 Å². The van der Waals surface area contributed by atoms with Gasteiger partial charge in [-0.3, -0.25) is 14.4 Å². The molecule has 198 valence electrons. The number of aryl methyl sites for hydroxylation is 1. The molecule has 0 N–H and O–H groups in total. The summed E-state index contributed by atoms with van der Waals surface area (Å²) in [5.41, 5.74) is -0.344. The van der Waals surface area contributed by atoms with Crippen molar-refractivity contribution in [2.75, 3.05) is 4.90 Å². The lowest BCUT2D eigenvalue weighted by molar-refractivity contribution is 0.0734. The molecule has 0 atom stereocenters. The number of rotatable bonds is 5. The summed E-state index contributed by atoms with van der Waals surface area (Å²) in [5, 5.41) is 0.916. The lowest BCUT2D eigenvalue weighted by Gasteiger charge is -2.23. The minimum absolute atomic E-state index is 0.164. The number of aromatic nitrogens is 1. The third kappa shape index (κ3) is 5.12. The molecule has 0 saturated heterocycles. The number of halogens is 2. The van der Waals surface area contributed by atoms with Crippen LogP contribution in [-0.4, -0.2) is 22.4 Å². The van der Waals surface area contributed by atoms with Gasteiger partial charge in [-0.05, 0) is 66.7 Å². The predicted molar refractivity (Wildman–Crippen MR) is 155 cm³/mol. The van der Waals surface area contributed by atoms with Crippen LogP contribution >= 0.6 is 23.2 Å². The molecule has 0 aliphatic carbocycles. The number of pyridine rings is 1. The molecule has 0 aliphatic heterocycles. The van der Waals surface area contributed by atoms with E-state index in [-0.39, 0.29) is 33.0 Å². The van der Waals surface area contributed by atoms with Gasteiger partial charge in [0.1, 0.15) is 5.56 Å². The summed E-state index contributed by atoms with van der Waals surface area (Å²) in [4.78, 5) is 55.9. The van der Waals surface area contributed by atoms with Crippen molar-refractivity contribution in [3.8, 4) is 5.75 Å². The van der Waals surface area contributed by atoms with Crippen LogP contribution < -0.4 is 15.2 Å². The molecule has 4 aromatic carbocycles. The first kappa shape index (κ1) is 26.9. The van der Waals surface area contributed by atoms with Crippen LogP contribution in [0.1, 0.15) is 31.1 Å². The van der Waals surface area contributed by atoms with Gasteiger partial charge in [0.25, 0.3) is 17.4 Å². The summed E-state index contributed by atoms with van der Waals surface area (Å²) in [6.45, 7) is 0. The first-order valence-corrected chi connectivity index (χ1v) is 12.8. The number of anilines is 1. The Balaban J connectivity index is 1.76. The van der Waals surface area contributed by atoms with Gasteiger partial charge in [0.2, 0.25) is 0 Å². The van der Waals surface area contributed by atoms with E-state index in [9.17, 15) is 19.2 Å². The monoisotopic (exact) mass is 570 g/mol. The number of carbonyl (C=O) groups excluding carboxylic acids is 3. The molecule has 0 radical (unpaired) electrons. The SMILES string of the molecule is Cn1c(=O)c(C(=O)N(C(=O)c2ccccc2)c2ccc(Cl)cc2)c(OC(=O)c2ccccc2)c2cc(Cl)ccc21. The van der Waals surface area contributed by atoms with Crippen molar-refractivity contribution < 1.29 is 19.1 Å². The molecule has 0 spiro atoms. The number of hydrogen-bond acceptors (Lipinski definition) is 5. The molecule has 2 amide bonds. The molecular weight excluding hydrogens is 551 g/mol. The fourth-order valence-electron chi connectivity index (χ4n) is 4.25. The Kier molecular flexibility index (Phi) is 7.51. The second-order valence-corrected chi connectivity index (χ2v) is 9.65. The third-order valence-corrected chi connectivity index (χ3v) is 6.73. The Morgan fingerprint density at radius 1 is 0.725 bits per heavy atom. The van der Waals surface area contributed by atoms with Crippen molar-refractivity contribution in [1.29, 1.82) is 0 Å². The van der Waals surface area contributed by atoms with Gasteiger partial charge < -0.3 is 9.30 Å². The van der Waals surface area contributed by atoms with E-state index in [4.69, 9.17) is 27.9 Å². The Morgan fingerprint density at radius 2 is 1.30 bits per heavy atom. The van der Waals surface area contributed by atoms with Gasteiger partial charge >= 0.3 is 5.97 Å². The first-order valence-electron chi connectivity index (χ1n) is 12.0. The van der Waals surface area contributed by atoms with E-state index >= 15 is 0 Å². The van der Waals surface area contributed by atoms with Crippen LogP contribution in [0.2, 0.25) is 10.0 Å². The summed E-state index contributed by atoms with van der Waals surface area (Å²) < 4.78 is 7.00. The standard InChI is InChI=1S/C31H20Cl2N2O5/c1-34-25-17-14-22(33)18-24(25)27(40-31(39)20-10-6-3-7-11-20)26(29(34)37)30(38)35(23-15-12-21(32)13-16-23)28(36)19-8-4-2-5-9-19/h2-18H,1H3. The maximum Gasteiger partial charge on any atom is 0.343 e. The molecule has 1 heterocycles. The average Bonchev–Trinajstić information content (AvgIpc) is 2.97. The highest BCUT2D eigenvalue weighted by Gasteiger charge is 2.33. The summed E-state index contributed by atoms with van der Waals surface area (Å²) >= 11 is 12.3. The van der Waals surface area contributed by atoms with Gasteiger partial charge in [0.15, 0.2) is 5.75 Å². The lowest BCUT2D eigenvalue weighted by Crippen LogP contribution is -2.41. The zero-order chi connectivity index (χ0) is 28.4. The average molecular weight is 571 g/mol. The highest BCUT2D eigenvalue weighted by atomic mass is 35.5. The van der Waals surface area contributed by atoms with Crippen molar-refractivity contribution in [3.63, 3.8) is 0 Å². The molecule has 0 saturated carbocycles. The largest absolute Gasteiger partial charge is 0.421 e. The van der Waals surface area contributed by atoms with Crippen LogP contribution in [0.4, 0.5) is 5.69 Å². The lowest BCUT2D eigenvalue weighted by atomic mass is 10.1. The Morgan fingerprint density at radius 3 is 1.93 bits per heavy atom. The zero-order valence-electron chi connectivity index (χ0n) is 21.0. The second kappa shape index (κ2) is 11.2. The molecule has 5 aromatic rings. The summed E-state index contributed by atoms with van der Waals surface area (Å²) in [6.07, 6.45) is 0. The minimum atomic E-state index is -0.991. The molecule has 0 fully saturated rings. The third-order valence-electron chi connectivity index (χ3n) is 6.24. The summed E-state index contributed by atoms with van der Waals surface area (Å²) in [7, 11) is 1.48. The van der Waals surface area contributed by atoms with Gasteiger partial charge in [-0.25, -0.2) is 9.69 Å². The molecule has 1 aromatic heterocycles. The molecule has 0 aliphatic rings. The molecular formula is C31H20Cl2N2O5. The maximum absolute atomic E-state index is 14.3. The fourth-order valence-corrected chi connectivity index (χ4v) is 4.55. The number of benzene rings is 4. The number of imide groups is 1. The summed E-state index contributed by atoms with van der Waals surface area (Å²) in [6, 6.07) is 26.9. The van der Waals surface area contributed by atoms with Crippen molar-refractivity contribution in [3.05, 3.63) is 140 Å². The van der Waals surface area contributed by atoms with Gasteiger partial charge in [-0.15, -0.1) is 0 Å². The van der Waals surface area contributed by atoms with E-state index in [2.05, 4.69) is 0 Å². The Bertz CT molecular complexity index is 1820. The highest BCUT2D eigenvalue weighted by molar-refractivity contribution is 6.32. The van der Waals surface area contributed by atoms with E-state index < -0.39 is 28.9 Å². The van der Waals surface area contributed by atoms with Crippen LogP contribution in [-0.2, 0) is 7.05 Å². The van der Waals surface area contributed by atoms with Crippen LogP contribution in [0, 0.1) is 0 Å². The number of amides is 2. The number of carbonyl (C=O) groups is 3. The van der Waals surface area contributed by atoms with Gasteiger partial charge in [-0.2, -0.15) is 0 Å². The molecule has 5 rings (SSSR count). The van der Waals surface area contributed by atoms with E-state index in [1.165, 1.54) is 41.9 Å². The van der Waals surface area contributed by atoms with Crippen molar-refractivity contribution in [1.82, 2.24) is 4.57 Å². The maximum atomic E-state index is 14.3. The topological polar surface area (TPSA) is 85.7 Å². The number of esters is 1. The van der Waals surface area contributed by atoms with Gasteiger partial charge in [-0.1, -0.05) is 59.6 Å². The minimum Gasteiger partial charge on any atom is -0.421 e. The van der Waals surface area contributed by atoms with E-state index in [1.807, 2.05) is 0 Å². The van der Waals surface area contributed by atoms with Crippen LogP contribution in [0.5, 0.6) is 5.75 Å².